The van der Waals surface area contributed by atoms with Gasteiger partial charge in [-0.1, -0.05) is 64.3 Å². The molecule has 3 aromatic rings. The van der Waals surface area contributed by atoms with Crippen molar-refractivity contribution in [3.8, 4) is 11.5 Å². The van der Waals surface area contributed by atoms with Crippen LogP contribution < -0.4 is 9.47 Å². The van der Waals surface area contributed by atoms with Gasteiger partial charge in [-0.15, -0.1) is 23.2 Å². The maximum absolute atomic E-state index is 13.1. The largest absolute Gasteiger partial charge is 0.496 e. The lowest BCUT2D eigenvalue weighted by molar-refractivity contribution is -0.138. The van der Waals surface area contributed by atoms with E-state index in [0.29, 0.717) is 52.2 Å². The van der Waals surface area contributed by atoms with Crippen LogP contribution in [0.2, 0.25) is 0 Å². The molecule has 0 spiro atoms. The lowest BCUT2D eigenvalue weighted by Gasteiger charge is -2.22. The minimum atomic E-state index is -4.49. The predicted molar refractivity (Wildman–Crippen MR) is 159 cm³/mol. The van der Waals surface area contributed by atoms with Gasteiger partial charge in [0.1, 0.15) is 11.5 Å². The Labute approximate surface area is 259 Å². The molecule has 0 aliphatic heterocycles. The van der Waals surface area contributed by atoms with Gasteiger partial charge in [0, 0.05) is 11.1 Å². The van der Waals surface area contributed by atoms with Crippen LogP contribution >= 0.6 is 23.2 Å². The molecule has 0 fully saturated rings. The molecule has 0 amide bonds. The molecular formula is C33H36Cl2F6O2. The fourth-order valence-electron chi connectivity index (χ4n) is 4.72. The lowest BCUT2D eigenvalue weighted by atomic mass is 9.96. The van der Waals surface area contributed by atoms with E-state index in [0.717, 1.165) is 49.9 Å². The van der Waals surface area contributed by atoms with E-state index in [1.165, 1.54) is 31.4 Å². The molecule has 10 heteroatoms. The van der Waals surface area contributed by atoms with Crippen molar-refractivity contribution in [3.05, 3.63) is 94.0 Å². The van der Waals surface area contributed by atoms with Crippen LogP contribution in [0.25, 0.3) is 0 Å². The highest BCUT2D eigenvalue weighted by Gasteiger charge is 2.32. The van der Waals surface area contributed by atoms with Crippen LogP contribution in [0.4, 0.5) is 26.3 Å². The van der Waals surface area contributed by atoms with Crippen LogP contribution in [0, 0.1) is 11.8 Å². The first kappa shape index (κ1) is 34.9. The van der Waals surface area contributed by atoms with E-state index >= 15 is 0 Å². The Hall–Kier alpha value is -2.58. The Kier molecular flexibility index (Phi) is 12.1. The predicted octanol–water partition coefficient (Wildman–Crippen LogP) is 11.6. The Morgan fingerprint density at radius 1 is 0.651 bits per heavy atom. The number of benzene rings is 3. The number of halogens is 8. The molecule has 0 saturated heterocycles. The summed E-state index contributed by atoms with van der Waals surface area (Å²) in [5.41, 5.74) is 0.153. The second-order valence-corrected chi connectivity index (χ2v) is 12.0. The zero-order valence-corrected chi connectivity index (χ0v) is 26.0. The van der Waals surface area contributed by atoms with E-state index in [-0.39, 0.29) is 0 Å². The lowest BCUT2D eigenvalue weighted by Crippen LogP contribution is -2.09. The van der Waals surface area contributed by atoms with Crippen molar-refractivity contribution in [2.45, 2.75) is 69.6 Å². The number of alkyl halides is 8. The minimum Gasteiger partial charge on any atom is -0.496 e. The van der Waals surface area contributed by atoms with Gasteiger partial charge in [-0.2, -0.15) is 26.3 Å². The van der Waals surface area contributed by atoms with Crippen LogP contribution in [0.5, 0.6) is 11.5 Å². The molecule has 0 N–H and O–H groups in total. The molecule has 0 saturated carbocycles. The average molecular weight is 650 g/mol. The molecule has 0 aliphatic carbocycles. The highest BCUT2D eigenvalue weighted by atomic mass is 35.5. The van der Waals surface area contributed by atoms with Gasteiger partial charge in [-0.25, -0.2) is 0 Å². The van der Waals surface area contributed by atoms with Crippen molar-refractivity contribution in [1.29, 1.82) is 0 Å². The summed E-state index contributed by atoms with van der Waals surface area (Å²) >= 11 is 13.6. The fraction of sp³-hybridized carbons (Fsp3) is 0.455. The summed E-state index contributed by atoms with van der Waals surface area (Å²) < 4.78 is 90.5. The average Bonchev–Trinajstić information content (AvgIpc) is 2.95. The van der Waals surface area contributed by atoms with Crippen molar-refractivity contribution in [3.63, 3.8) is 0 Å². The Morgan fingerprint density at radius 3 is 1.51 bits per heavy atom. The molecule has 3 rings (SSSR count). The van der Waals surface area contributed by atoms with Gasteiger partial charge >= 0.3 is 12.4 Å². The van der Waals surface area contributed by atoms with E-state index in [1.807, 2.05) is 0 Å². The molecule has 3 atom stereocenters. The first-order valence-electron chi connectivity index (χ1n) is 14.1. The molecule has 0 aromatic heterocycles. The molecule has 0 aliphatic rings. The van der Waals surface area contributed by atoms with Crippen LogP contribution in [-0.2, 0) is 12.4 Å². The van der Waals surface area contributed by atoms with Crippen LogP contribution in [0.3, 0.4) is 0 Å². The SMILES string of the molecule is COc1cc(C(Cl)c2ccc(C(F)(F)F)cc2)c(OCCC(C)CCCC(C)C)cc1C(Cl)c1ccc(C(F)(F)F)cc1. The summed E-state index contributed by atoms with van der Waals surface area (Å²) in [6, 6.07) is 12.4. The van der Waals surface area contributed by atoms with E-state index in [9.17, 15) is 26.3 Å². The molecule has 236 valence electrons. The third kappa shape index (κ3) is 9.70. The van der Waals surface area contributed by atoms with Crippen LogP contribution in [-0.4, -0.2) is 13.7 Å². The molecule has 0 heterocycles. The van der Waals surface area contributed by atoms with Crippen molar-refractivity contribution >= 4 is 23.2 Å². The van der Waals surface area contributed by atoms with Gasteiger partial charge in [0.25, 0.3) is 0 Å². The summed E-state index contributed by atoms with van der Waals surface area (Å²) in [7, 11) is 1.42. The quantitative estimate of drug-likeness (QED) is 0.136. The number of hydrogen-bond donors (Lipinski definition) is 0. The van der Waals surface area contributed by atoms with Crippen molar-refractivity contribution in [2.24, 2.45) is 11.8 Å². The summed E-state index contributed by atoms with van der Waals surface area (Å²) in [5, 5.41) is -1.77. The normalized spacial score (nSPS) is 14.4. The van der Waals surface area contributed by atoms with Crippen LogP contribution in [0.1, 0.15) is 90.6 Å². The Bertz CT molecular complexity index is 1310. The number of rotatable bonds is 13. The van der Waals surface area contributed by atoms with E-state index < -0.39 is 34.2 Å². The Balaban J connectivity index is 1.95. The maximum Gasteiger partial charge on any atom is 0.416 e. The first-order valence-corrected chi connectivity index (χ1v) is 15.0. The van der Waals surface area contributed by atoms with Crippen LogP contribution in [0.15, 0.2) is 60.7 Å². The number of ether oxygens (including phenoxy) is 2. The third-order valence-corrected chi connectivity index (χ3v) is 8.29. The third-order valence-electron chi connectivity index (χ3n) is 7.32. The molecule has 3 aromatic carbocycles. The number of methoxy groups -OCH3 is 1. The first-order chi connectivity index (χ1) is 20.1. The molecular weight excluding hydrogens is 613 g/mol. The highest BCUT2D eigenvalue weighted by molar-refractivity contribution is 6.23. The highest BCUT2D eigenvalue weighted by Crippen LogP contribution is 2.44. The second-order valence-electron chi connectivity index (χ2n) is 11.2. The molecule has 3 unspecified atom stereocenters. The number of hydrogen-bond acceptors (Lipinski definition) is 2. The zero-order valence-electron chi connectivity index (χ0n) is 24.5. The zero-order chi connectivity index (χ0) is 31.9. The van der Waals surface area contributed by atoms with Gasteiger partial charge in [0.15, 0.2) is 0 Å². The Morgan fingerprint density at radius 2 is 1.09 bits per heavy atom. The summed E-state index contributed by atoms with van der Waals surface area (Å²) in [6.45, 7) is 6.87. The summed E-state index contributed by atoms with van der Waals surface area (Å²) in [4.78, 5) is 0. The minimum absolute atomic E-state index is 0.307. The molecule has 43 heavy (non-hydrogen) atoms. The van der Waals surface area contributed by atoms with E-state index in [2.05, 4.69) is 20.8 Å². The molecule has 2 nitrogen and oxygen atoms in total. The second kappa shape index (κ2) is 14.9. The summed E-state index contributed by atoms with van der Waals surface area (Å²) in [5.74, 6) is 1.70. The van der Waals surface area contributed by atoms with Gasteiger partial charge in [-0.05, 0) is 65.8 Å². The maximum atomic E-state index is 13.1. The van der Waals surface area contributed by atoms with Gasteiger partial charge < -0.3 is 9.47 Å². The van der Waals surface area contributed by atoms with Crippen molar-refractivity contribution in [2.75, 3.05) is 13.7 Å². The van der Waals surface area contributed by atoms with E-state index in [4.69, 9.17) is 32.7 Å². The van der Waals surface area contributed by atoms with Gasteiger partial charge in [-0.3, -0.25) is 0 Å². The van der Waals surface area contributed by atoms with Gasteiger partial charge in [0.05, 0.1) is 35.6 Å². The van der Waals surface area contributed by atoms with Gasteiger partial charge in [0.2, 0.25) is 0 Å². The topological polar surface area (TPSA) is 18.5 Å². The molecule has 0 bridgehead atoms. The van der Waals surface area contributed by atoms with E-state index in [1.54, 1.807) is 12.1 Å². The standard InChI is InChI=1S/C33H36Cl2F6O2/c1-20(2)6-5-7-21(3)16-17-43-29-19-26(30(34)22-8-12-24(13-9-22)32(36,37)38)28(42-4)18-27(29)31(35)23-10-14-25(15-11-23)33(39,40)41/h8-15,18-21,30-31H,5-7,16-17H2,1-4H3. The molecule has 0 radical (unpaired) electrons. The smallest absolute Gasteiger partial charge is 0.416 e. The monoisotopic (exact) mass is 648 g/mol. The summed E-state index contributed by atoms with van der Waals surface area (Å²) in [6.07, 6.45) is -4.92. The van der Waals surface area contributed by atoms with Crippen molar-refractivity contribution in [1.82, 2.24) is 0 Å². The van der Waals surface area contributed by atoms with Crippen molar-refractivity contribution < 1.29 is 35.8 Å². The fourth-order valence-corrected chi connectivity index (χ4v) is 5.35.